The van der Waals surface area contributed by atoms with Crippen LogP contribution >= 0.6 is 0 Å². The Kier molecular flexibility index (Phi) is 4.15. The lowest BCUT2D eigenvalue weighted by atomic mass is 10.1. The second-order valence-corrected chi connectivity index (χ2v) is 3.58. The van der Waals surface area contributed by atoms with Crippen LogP contribution in [0.3, 0.4) is 0 Å². The van der Waals surface area contributed by atoms with Crippen molar-refractivity contribution >= 4 is 12.1 Å². The van der Waals surface area contributed by atoms with Gasteiger partial charge in [0.1, 0.15) is 6.61 Å². The van der Waals surface area contributed by atoms with E-state index >= 15 is 0 Å². The minimum atomic E-state index is -0.793. The quantitative estimate of drug-likeness (QED) is 0.687. The van der Waals surface area contributed by atoms with E-state index in [9.17, 15) is 9.59 Å². The van der Waals surface area contributed by atoms with Gasteiger partial charge in [0.15, 0.2) is 0 Å². The minimum Gasteiger partial charge on any atom is -0.481 e. The highest BCUT2D eigenvalue weighted by Crippen LogP contribution is 2.25. The molecule has 2 atom stereocenters. The van der Waals surface area contributed by atoms with Gasteiger partial charge in [-0.3, -0.25) is 4.79 Å². The van der Waals surface area contributed by atoms with Crippen molar-refractivity contribution in [3.63, 3.8) is 0 Å². The molecule has 0 aliphatic heterocycles. The molecule has 0 saturated heterocycles. The van der Waals surface area contributed by atoms with E-state index in [2.05, 4.69) is 11.9 Å². The highest BCUT2D eigenvalue weighted by atomic mass is 16.5. The number of alkyl carbamates (subject to hydrolysis) is 1. The number of carboxylic acid groups (broad SMARTS) is 1. The molecule has 0 aromatic heterocycles. The van der Waals surface area contributed by atoms with E-state index in [0.717, 1.165) is 0 Å². The van der Waals surface area contributed by atoms with Crippen LogP contribution in [0.5, 0.6) is 0 Å². The molecule has 2 N–H and O–H groups in total. The third-order valence-corrected chi connectivity index (χ3v) is 2.44. The van der Waals surface area contributed by atoms with Crippen LogP contribution in [0, 0.1) is 5.92 Å². The summed E-state index contributed by atoms with van der Waals surface area (Å²) in [6.45, 7) is 3.58. The molecule has 1 amide bonds. The third-order valence-electron chi connectivity index (χ3n) is 2.44. The first-order valence-corrected chi connectivity index (χ1v) is 4.90. The molecule has 5 nitrogen and oxygen atoms in total. The van der Waals surface area contributed by atoms with Crippen LogP contribution in [-0.2, 0) is 9.53 Å². The summed E-state index contributed by atoms with van der Waals surface area (Å²) >= 11 is 0. The SMILES string of the molecule is C=CCOC(=O)N[C@H]1CC[C@@H](C(=O)O)C1. The predicted octanol–water partition coefficient (Wildman–Crippen LogP) is 1.15. The largest absolute Gasteiger partial charge is 0.481 e. The number of aliphatic carboxylic acids is 1. The van der Waals surface area contributed by atoms with E-state index in [-0.39, 0.29) is 18.6 Å². The molecule has 1 saturated carbocycles. The summed E-state index contributed by atoms with van der Waals surface area (Å²) in [5.41, 5.74) is 0. The summed E-state index contributed by atoms with van der Waals surface area (Å²) in [6.07, 6.45) is 2.76. The van der Waals surface area contributed by atoms with E-state index in [0.29, 0.717) is 19.3 Å². The number of ether oxygens (including phenoxy) is 1. The number of hydrogen-bond acceptors (Lipinski definition) is 3. The first-order chi connectivity index (χ1) is 7.13. The number of carbonyl (C=O) groups excluding carboxylic acids is 1. The Morgan fingerprint density at radius 2 is 2.27 bits per heavy atom. The van der Waals surface area contributed by atoms with E-state index in [1.165, 1.54) is 6.08 Å². The minimum absolute atomic E-state index is 0.0802. The van der Waals surface area contributed by atoms with Gasteiger partial charge < -0.3 is 15.2 Å². The van der Waals surface area contributed by atoms with Crippen molar-refractivity contribution < 1.29 is 19.4 Å². The van der Waals surface area contributed by atoms with Crippen molar-refractivity contribution in [2.45, 2.75) is 25.3 Å². The zero-order valence-corrected chi connectivity index (χ0v) is 8.44. The Hall–Kier alpha value is -1.52. The normalized spacial score (nSPS) is 24.5. The van der Waals surface area contributed by atoms with Gasteiger partial charge in [0, 0.05) is 6.04 Å². The molecule has 0 spiro atoms. The average molecular weight is 213 g/mol. The summed E-state index contributed by atoms with van der Waals surface area (Å²) in [6, 6.07) is -0.0802. The molecule has 0 aromatic rings. The number of carbonyl (C=O) groups is 2. The van der Waals surface area contributed by atoms with E-state index < -0.39 is 12.1 Å². The Morgan fingerprint density at radius 3 is 2.80 bits per heavy atom. The maximum absolute atomic E-state index is 11.1. The molecule has 0 heterocycles. The Labute approximate surface area is 88.1 Å². The van der Waals surface area contributed by atoms with Gasteiger partial charge in [-0.25, -0.2) is 4.79 Å². The number of hydrogen-bond donors (Lipinski definition) is 2. The third kappa shape index (κ3) is 3.61. The van der Waals surface area contributed by atoms with E-state index in [4.69, 9.17) is 9.84 Å². The fourth-order valence-electron chi connectivity index (χ4n) is 1.68. The Balaban J connectivity index is 2.26. The van der Waals surface area contributed by atoms with Crippen molar-refractivity contribution in [2.24, 2.45) is 5.92 Å². The van der Waals surface area contributed by atoms with E-state index in [1.54, 1.807) is 0 Å². The molecular weight excluding hydrogens is 198 g/mol. The van der Waals surface area contributed by atoms with Crippen molar-refractivity contribution in [1.29, 1.82) is 0 Å². The second kappa shape index (κ2) is 5.38. The summed E-state index contributed by atoms with van der Waals surface area (Å²) in [5, 5.41) is 11.4. The molecular formula is C10H15NO4. The average Bonchev–Trinajstić information content (AvgIpc) is 2.63. The molecule has 0 aromatic carbocycles. The van der Waals surface area contributed by atoms with Gasteiger partial charge in [0.05, 0.1) is 5.92 Å². The molecule has 0 unspecified atom stereocenters. The standard InChI is InChI=1S/C10H15NO4/c1-2-5-15-10(14)11-8-4-3-7(6-8)9(12)13/h2,7-8H,1,3-6H2,(H,11,14)(H,12,13)/t7-,8+/m1/s1. The van der Waals surface area contributed by atoms with Crippen LogP contribution in [0.1, 0.15) is 19.3 Å². The van der Waals surface area contributed by atoms with Gasteiger partial charge in [-0.1, -0.05) is 12.7 Å². The number of nitrogens with one attached hydrogen (secondary N) is 1. The Morgan fingerprint density at radius 1 is 1.53 bits per heavy atom. The lowest BCUT2D eigenvalue weighted by Gasteiger charge is -2.11. The van der Waals surface area contributed by atoms with Crippen LogP contribution in [0.15, 0.2) is 12.7 Å². The molecule has 1 rings (SSSR count). The van der Waals surface area contributed by atoms with Crippen molar-refractivity contribution in [3.05, 3.63) is 12.7 Å². The van der Waals surface area contributed by atoms with E-state index in [1.807, 2.05) is 0 Å². The van der Waals surface area contributed by atoms with Crippen molar-refractivity contribution in [2.75, 3.05) is 6.61 Å². The lowest BCUT2D eigenvalue weighted by Crippen LogP contribution is -2.33. The highest BCUT2D eigenvalue weighted by Gasteiger charge is 2.30. The van der Waals surface area contributed by atoms with Crippen LogP contribution in [-0.4, -0.2) is 29.8 Å². The smallest absolute Gasteiger partial charge is 0.407 e. The first-order valence-electron chi connectivity index (χ1n) is 4.90. The van der Waals surface area contributed by atoms with Gasteiger partial charge in [0.25, 0.3) is 0 Å². The molecule has 1 aliphatic rings. The fraction of sp³-hybridized carbons (Fsp3) is 0.600. The fourth-order valence-corrected chi connectivity index (χ4v) is 1.68. The number of rotatable bonds is 4. The topological polar surface area (TPSA) is 75.6 Å². The Bertz CT molecular complexity index is 264. The van der Waals surface area contributed by atoms with Crippen molar-refractivity contribution in [1.82, 2.24) is 5.32 Å². The molecule has 0 bridgehead atoms. The molecule has 15 heavy (non-hydrogen) atoms. The van der Waals surface area contributed by atoms with Gasteiger partial charge in [-0.2, -0.15) is 0 Å². The van der Waals surface area contributed by atoms with Crippen LogP contribution < -0.4 is 5.32 Å². The van der Waals surface area contributed by atoms with Gasteiger partial charge in [0.2, 0.25) is 0 Å². The zero-order chi connectivity index (χ0) is 11.3. The highest BCUT2D eigenvalue weighted by molar-refractivity contribution is 5.71. The summed E-state index contributed by atoms with van der Waals surface area (Å²) in [5.74, 6) is -1.13. The number of amides is 1. The van der Waals surface area contributed by atoms with Gasteiger partial charge >= 0.3 is 12.1 Å². The molecule has 1 aliphatic carbocycles. The lowest BCUT2D eigenvalue weighted by molar-refractivity contribution is -0.141. The monoisotopic (exact) mass is 213 g/mol. The predicted molar refractivity (Wildman–Crippen MR) is 53.4 cm³/mol. The van der Waals surface area contributed by atoms with Crippen LogP contribution in [0.25, 0.3) is 0 Å². The number of carboxylic acids is 1. The van der Waals surface area contributed by atoms with Crippen LogP contribution in [0.4, 0.5) is 4.79 Å². The summed E-state index contributed by atoms with van der Waals surface area (Å²) in [7, 11) is 0. The molecule has 84 valence electrons. The first kappa shape index (κ1) is 11.6. The maximum Gasteiger partial charge on any atom is 0.407 e. The van der Waals surface area contributed by atoms with Gasteiger partial charge in [-0.05, 0) is 19.3 Å². The molecule has 1 fully saturated rings. The second-order valence-electron chi connectivity index (χ2n) is 3.58. The summed E-state index contributed by atoms with van der Waals surface area (Å²) < 4.78 is 4.73. The van der Waals surface area contributed by atoms with Gasteiger partial charge in [-0.15, -0.1) is 0 Å². The zero-order valence-electron chi connectivity index (χ0n) is 8.44. The maximum atomic E-state index is 11.1. The van der Waals surface area contributed by atoms with Crippen molar-refractivity contribution in [3.8, 4) is 0 Å². The molecule has 0 radical (unpaired) electrons. The summed E-state index contributed by atoms with van der Waals surface area (Å²) in [4.78, 5) is 21.8. The molecule has 5 heteroatoms. The van der Waals surface area contributed by atoms with Crippen LogP contribution in [0.2, 0.25) is 0 Å².